The largest absolute Gasteiger partial charge is 0.311 e. The van der Waals surface area contributed by atoms with Crippen LogP contribution in [-0.4, -0.2) is 4.57 Å². The van der Waals surface area contributed by atoms with Crippen molar-refractivity contribution in [3.63, 3.8) is 0 Å². The van der Waals surface area contributed by atoms with E-state index in [1.807, 2.05) is 0 Å². The van der Waals surface area contributed by atoms with Crippen LogP contribution in [0, 0.1) is 0 Å². The second-order valence-electron chi connectivity index (χ2n) is 17.3. The van der Waals surface area contributed by atoms with E-state index >= 15 is 0 Å². The smallest absolute Gasteiger partial charge is 0.0620 e. The fourth-order valence-electron chi connectivity index (χ4n) is 10.4. The summed E-state index contributed by atoms with van der Waals surface area (Å²) in [4.78, 5) is 2.32. The SMILES string of the molecule is c1ccc(-c2cc(-c3ccccc3)cc(-c3ccc4c(c3)c3cc5ccc6c(-c7ccc(N(c8ccccc8)c8ccccc8)cc7)ccc7ccc(c5c76)c3n4-c3ccccc3)c2)cc1. The molecule has 308 valence electrons. The molecule has 0 amide bonds. The first kappa shape index (κ1) is 37.8. The Hall–Kier alpha value is -8.72. The fraction of sp³-hybridized carbons (Fsp3) is 0. The minimum atomic E-state index is 1.12. The summed E-state index contributed by atoms with van der Waals surface area (Å²) in [6, 6.07) is 93.1. The van der Waals surface area contributed by atoms with Crippen molar-refractivity contribution in [2.75, 3.05) is 4.90 Å². The van der Waals surface area contributed by atoms with Gasteiger partial charge in [-0.3, -0.25) is 0 Å². The van der Waals surface area contributed by atoms with Crippen LogP contribution in [0.25, 0.3) is 104 Å². The lowest BCUT2D eigenvalue weighted by Crippen LogP contribution is -2.09. The number of nitrogens with zero attached hydrogens (tertiary/aromatic N) is 2. The summed E-state index contributed by atoms with van der Waals surface area (Å²) in [6.45, 7) is 0. The number of hydrogen-bond acceptors (Lipinski definition) is 1. The summed E-state index contributed by atoms with van der Waals surface area (Å²) < 4.78 is 2.49. The standard InChI is InChI=1S/C64H42N2/c1-6-16-43(17-7-1)49-38-50(44-18-8-2-9-19-44)40-51(39-49)47-31-37-61-59(41-47)60-42-48-30-35-57-56(34-28-46-29-36-58(63(48)62(46)57)64(60)66(61)54-24-14-5-15-25-54)45-26-32-55(33-27-45)65(52-20-10-3-11-21-52)53-22-12-4-13-23-53/h1-42H. The molecule has 2 nitrogen and oxygen atoms in total. The molecule has 0 aliphatic heterocycles. The van der Waals surface area contributed by atoms with E-state index in [1.165, 1.54) is 98.6 Å². The minimum Gasteiger partial charge on any atom is -0.311 e. The van der Waals surface area contributed by atoms with Crippen molar-refractivity contribution in [1.82, 2.24) is 4.57 Å². The summed E-state index contributed by atoms with van der Waals surface area (Å²) in [5, 5.41) is 10.1. The van der Waals surface area contributed by atoms with Crippen LogP contribution in [0.3, 0.4) is 0 Å². The van der Waals surface area contributed by atoms with Gasteiger partial charge >= 0.3 is 0 Å². The van der Waals surface area contributed by atoms with Gasteiger partial charge in [0.25, 0.3) is 0 Å². The molecule has 1 aromatic heterocycles. The lowest BCUT2D eigenvalue weighted by molar-refractivity contribution is 1.19. The van der Waals surface area contributed by atoms with Gasteiger partial charge in [0.05, 0.1) is 11.0 Å². The predicted molar refractivity (Wildman–Crippen MR) is 281 cm³/mol. The molecule has 0 N–H and O–H groups in total. The topological polar surface area (TPSA) is 8.17 Å². The Morgan fingerprint density at radius 3 is 1.38 bits per heavy atom. The molecule has 0 saturated heterocycles. The maximum absolute atomic E-state index is 2.49. The Morgan fingerprint density at radius 1 is 0.273 bits per heavy atom. The molecule has 66 heavy (non-hydrogen) atoms. The molecular formula is C64H42N2. The number of anilines is 3. The third-order valence-corrected chi connectivity index (χ3v) is 13.5. The van der Waals surface area contributed by atoms with Crippen LogP contribution in [0.1, 0.15) is 0 Å². The summed E-state index contributed by atoms with van der Waals surface area (Å²) in [5.41, 5.74) is 16.6. The second kappa shape index (κ2) is 15.5. The van der Waals surface area contributed by atoms with E-state index in [0.717, 1.165) is 22.7 Å². The molecule has 1 heterocycles. The molecule has 0 radical (unpaired) electrons. The van der Waals surface area contributed by atoms with E-state index in [4.69, 9.17) is 0 Å². The van der Waals surface area contributed by atoms with Gasteiger partial charge in [0.15, 0.2) is 0 Å². The highest BCUT2D eigenvalue weighted by Crippen LogP contribution is 2.46. The average Bonchev–Trinajstić information content (AvgIpc) is 3.73. The quantitative estimate of drug-likeness (QED) is 0.138. The Bertz CT molecular complexity index is 3780. The lowest BCUT2D eigenvalue weighted by Gasteiger charge is -2.25. The first-order chi connectivity index (χ1) is 32.7. The van der Waals surface area contributed by atoms with Gasteiger partial charge in [0.1, 0.15) is 0 Å². The van der Waals surface area contributed by atoms with Gasteiger partial charge in [-0.1, -0.05) is 170 Å². The van der Waals surface area contributed by atoms with Crippen molar-refractivity contribution in [3.8, 4) is 50.2 Å². The monoisotopic (exact) mass is 838 g/mol. The van der Waals surface area contributed by atoms with Crippen LogP contribution < -0.4 is 4.90 Å². The maximum Gasteiger partial charge on any atom is 0.0620 e. The summed E-state index contributed by atoms with van der Waals surface area (Å²) >= 11 is 0. The summed E-state index contributed by atoms with van der Waals surface area (Å²) in [7, 11) is 0. The molecule has 0 atom stereocenters. The van der Waals surface area contributed by atoms with E-state index in [1.54, 1.807) is 0 Å². The molecular weight excluding hydrogens is 797 g/mol. The maximum atomic E-state index is 2.49. The van der Waals surface area contributed by atoms with Crippen molar-refractivity contribution in [3.05, 3.63) is 255 Å². The van der Waals surface area contributed by atoms with E-state index in [9.17, 15) is 0 Å². The van der Waals surface area contributed by atoms with Gasteiger partial charge in [-0.05, 0) is 156 Å². The lowest BCUT2D eigenvalue weighted by atomic mass is 9.88. The third-order valence-electron chi connectivity index (χ3n) is 13.5. The van der Waals surface area contributed by atoms with Crippen LogP contribution in [0.15, 0.2) is 255 Å². The van der Waals surface area contributed by atoms with E-state index in [0.29, 0.717) is 0 Å². The molecule has 13 rings (SSSR count). The number of hydrogen-bond donors (Lipinski definition) is 0. The first-order valence-electron chi connectivity index (χ1n) is 22.7. The number of fused-ring (bicyclic) bond motifs is 4. The highest BCUT2D eigenvalue weighted by atomic mass is 15.1. The molecule has 13 aromatic rings. The molecule has 0 unspecified atom stereocenters. The van der Waals surface area contributed by atoms with Gasteiger partial charge in [0, 0.05) is 38.9 Å². The molecule has 0 aliphatic rings. The molecule has 0 bridgehead atoms. The van der Waals surface area contributed by atoms with Crippen molar-refractivity contribution in [2.24, 2.45) is 0 Å². The zero-order valence-electron chi connectivity index (χ0n) is 36.1. The van der Waals surface area contributed by atoms with Gasteiger partial charge in [-0.25, -0.2) is 0 Å². The Labute approximate surface area is 383 Å². The number of rotatable bonds is 8. The van der Waals surface area contributed by atoms with E-state index in [2.05, 4.69) is 264 Å². The van der Waals surface area contributed by atoms with Gasteiger partial charge < -0.3 is 9.47 Å². The summed E-state index contributed by atoms with van der Waals surface area (Å²) in [5.74, 6) is 0. The Morgan fingerprint density at radius 2 is 0.758 bits per heavy atom. The summed E-state index contributed by atoms with van der Waals surface area (Å²) in [6.07, 6.45) is 0. The van der Waals surface area contributed by atoms with Crippen molar-refractivity contribution >= 4 is 71.2 Å². The minimum absolute atomic E-state index is 1.12. The zero-order valence-corrected chi connectivity index (χ0v) is 36.1. The first-order valence-corrected chi connectivity index (χ1v) is 22.7. The van der Waals surface area contributed by atoms with Gasteiger partial charge in [-0.2, -0.15) is 0 Å². The van der Waals surface area contributed by atoms with Crippen LogP contribution in [-0.2, 0) is 0 Å². The fourth-order valence-corrected chi connectivity index (χ4v) is 10.4. The van der Waals surface area contributed by atoms with Gasteiger partial charge in [-0.15, -0.1) is 0 Å². The third kappa shape index (κ3) is 6.26. The highest BCUT2D eigenvalue weighted by molar-refractivity contribution is 6.33. The number of benzene rings is 12. The van der Waals surface area contributed by atoms with Crippen LogP contribution in [0.2, 0.25) is 0 Å². The molecule has 0 fully saturated rings. The predicted octanol–water partition coefficient (Wildman–Crippen LogP) is 17.8. The van der Waals surface area contributed by atoms with Crippen molar-refractivity contribution in [2.45, 2.75) is 0 Å². The van der Waals surface area contributed by atoms with Crippen LogP contribution >= 0.6 is 0 Å². The molecule has 0 aliphatic carbocycles. The normalized spacial score (nSPS) is 11.6. The molecule has 0 saturated carbocycles. The van der Waals surface area contributed by atoms with Crippen LogP contribution in [0.5, 0.6) is 0 Å². The second-order valence-corrected chi connectivity index (χ2v) is 17.3. The number of aromatic nitrogens is 1. The van der Waals surface area contributed by atoms with Crippen molar-refractivity contribution < 1.29 is 0 Å². The molecule has 0 spiro atoms. The van der Waals surface area contributed by atoms with Crippen LogP contribution in [0.4, 0.5) is 17.1 Å². The van der Waals surface area contributed by atoms with Crippen molar-refractivity contribution in [1.29, 1.82) is 0 Å². The van der Waals surface area contributed by atoms with E-state index in [-0.39, 0.29) is 0 Å². The Kier molecular flexibility index (Phi) is 8.89. The van der Waals surface area contributed by atoms with Gasteiger partial charge in [0.2, 0.25) is 0 Å². The molecule has 2 heteroatoms. The average molecular weight is 839 g/mol. The zero-order chi connectivity index (χ0) is 43.6. The number of para-hydroxylation sites is 3. The van der Waals surface area contributed by atoms with E-state index < -0.39 is 0 Å². The Balaban J connectivity index is 0.997. The molecule has 12 aromatic carbocycles. The highest BCUT2D eigenvalue weighted by Gasteiger charge is 2.21.